The van der Waals surface area contributed by atoms with Gasteiger partial charge in [0.15, 0.2) is 0 Å². The van der Waals surface area contributed by atoms with Crippen LogP contribution in [-0.2, 0) is 16.0 Å². The average molecular weight is 420 g/mol. The molecule has 0 bridgehead atoms. The van der Waals surface area contributed by atoms with Crippen LogP contribution in [0.25, 0.3) is 10.9 Å². The van der Waals surface area contributed by atoms with Crippen molar-refractivity contribution in [2.45, 2.75) is 12.8 Å². The Morgan fingerprint density at radius 3 is 2.55 bits per heavy atom. The second-order valence-electron chi connectivity index (χ2n) is 7.72. The van der Waals surface area contributed by atoms with Crippen LogP contribution in [0.2, 0.25) is 0 Å². The molecule has 0 radical (unpaired) electrons. The fraction of sp³-hybridized carbons (Fsp3) is 0.292. The minimum atomic E-state index is -0.451. The number of anilines is 1. The fourth-order valence-electron chi connectivity index (χ4n) is 3.77. The Labute approximate surface area is 180 Å². The van der Waals surface area contributed by atoms with Crippen LogP contribution in [0.4, 0.5) is 10.1 Å². The van der Waals surface area contributed by atoms with Gasteiger partial charge in [0, 0.05) is 44.2 Å². The number of benzene rings is 2. The Bertz CT molecular complexity index is 1080. The third kappa shape index (κ3) is 5.44. The Morgan fingerprint density at radius 1 is 1.00 bits per heavy atom. The number of rotatable bonds is 6. The Hall–Kier alpha value is -3.32. The molecule has 1 saturated heterocycles. The van der Waals surface area contributed by atoms with E-state index in [0.29, 0.717) is 39.0 Å². The first kappa shape index (κ1) is 20.9. The lowest BCUT2D eigenvalue weighted by atomic mass is 10.1. The first-order valence-corrected chi connectivity index (χ1v) is 10.5. The van der Waals surface area contributed by atoms with Gasteiger partial charge < -0.3 is 10.2 Å². The number of hydrogen-bond acceptors (Lipinski definition) is 4. The van der Waals surface area contributed by atoms with E-state index >= 15 is 0 Å². The predicted molar refractivity (Wildman–Crippen MR) is 118 cm³/mol. The molecule has 2 aromatic carbocycles. The second kappa shape index (κ2) is 9.66. The number of nitrogens with zero attached hydrogens (tertiary/aromatic N) is 3. The summed E-state index contributed by atoms with van der Waals surface area (Å²) < 4.78 is 13.7. The minimum absolute atomic E-state index is 0.114. The normalized spacial score (nSPS) is 14.5. The number of piperazine rings is 1. The summed E-state index contributed by atoms with van der Waals surface area (Å²) >= 11 is 0. The molecule has 1 aromatic heterocycles. The molecule has 4 rings (SSSR count). The molecule has 31 heavy (non-hydrogen) atoms. The number of fused-ring (bicyclic) bond motifs is 1. The van der Waals surface area contributed by atoms with Crippen LogP contribution in [0, 0.1) is 5.82 Å². The van der Waals surface area contributed by atoms with Crippen LogP contribution >= 0.6 is 0 Å². The van der Waals surface area contributed by atoms with Crippen LogP contribution in [0.5, 0.6) is 0 Å². The summed E-state index contributed by atoms with van der Waals surface area (Å²) in [5.41, 5.74) is 2.19. The standard InChI is InChI=1S/C24H25FN4O2/c25-20-6-2-4-8-22(20)27-23(30)17-28-11-13-29(14-12-28)24(31)10-9-18-15-19-5-1-3-7-21(19)26-16-18/h1-8,15-16H,9-14,17H2,(H,27,30). The second-order valence-corrected chi connectivity index (χ2v) is 7.72. The van der Waals surface area contributed by atoms with Gasteiger partial charge in [-0.3, -0.25) is 19.5 Å². The van der Waals surface area contributed by atoms with E-state index in [4.69, 9.17) is 0 Å². The van der Waals surface area contributed by atoms with Crippen LogP contribution in [-0.4, -0.2) is 59.3 Å². The van der Waals surface area contributed by atoms with Crippen LogP contribution < -0.4 is 5.32 Å². The molecular weight excluding hydrogens is 395 g/mol. The molecule has 2 amide bonds. The fourth-order valence-corrected chi connectivity index (χ4v) is 3.77. The molecule has 2 heterocycles. The van der Waals surface area contributed by atoms with E-state index in [1.807, 2.05) is 40.3 Å². The molecule has 6 nitrogen and oxygen atoms in total. The Morgan fingerprint density at radius 2 is 1.74 bits per heavy atom. The zero-order chi connectivity index (χ0) is 21.6. The highest BCUT2D eigenvalue weighted by atomic mass is 19.1. The highest BCUT2D eigenvalue weighted by Gasteiger charge is 2.22. The van der Waals surface area contributed by atoms with Gasteiger partial charge in [-0.05, 0) is 36.2 Å². The van der Waals surface area contributed by atoms with Crippen molar-refractivity contribution < 1.29 is 14.0 Å². The largest absolute Gasteiger partial charge is 0.340 e. The number of halogens is 1. The van der Waals surface area contributed by atoms with E-state index in [0.717, 1.165) is 16.5 Å². The quantitative estimate of drug-likeness (QED) is 0.666. The highest BCUT2D eigenvalue weighted by Crippen LogP contribution is 2.15. The molecule has 1 fully saturated rings. The first-order chi connectivity index (χ1) is 15.1. The van der Waals surface area contributed by atoms with E-state index in [1.54, 1.807) is 12.1 Å². The van der Waals surface area contributed by atoms with E-state index in [9.17, 15) is 14.0 Å². The van der Waals surface area contributed by atoms with Gasteiger partial charge in [-0.2, -0.15) is 0 Å². The van der Waals surface area contributed by atoms with Gasteiger partial charge >= 0.3 is 0 Å². The van der Waals surface area contributed by atoms with Crippen molar-refractivity contribution in [1.82, 2.24) is 14.8 Å². The van der Waals surface area contributed by atoms with Crippen molar-refractivity contribution in [1.29, 1.82) is 0 Å². The third-order valence-electron chi connectivity index (χ3n) is 5.51. The van der Waals surface area contributed by atoms with Gasteiger partial charge in [0.25, 0.3) is 0 Å². The summed E-state index contributed by atoms with van der Waals surface area (Å²) in [5.74, 6) is -0.592. The number of amides is 2. The molecule has 0 saturated carbocycles. The van der Waals surface area contributed by atoms with E-state index in [-0.39, 0.29) is 24.0 Å². The topological polar surface area (TPSA) is 65.5 Å². The molecule has 3 aromatic rings. The van der Waals surface area contributed by atoms with Gasteiger partial charge in [-0.15, -0.1) is 0 Å². The van der Waals surface area contributed by atoms with Crippen molar-refractivity contribution in [2.75, 3.05) is 38.0 Å². The summed E-state index contributed by atoms with van der Waals surface area (Å²) in [6, 6.07) is 16.1. The van der Waals surface area contributed by atoms with E-state index in [2.05, 4.69) is 16.4 Å². The summed E-state index contributed by atoms with van der Waals surface area (Å²) in [6.07, 6.45) is 2.93. The number of para-hydroxylation sites is 2. The predicted octanol–water partition coefficient (Wildman–Crippen LogP) is 3.09. The van der Waals surface area contributed by atoms with E-state index in [1.165, 1.54) is 12.1 Å². The van der Waals surface area contributed by atoms with Crippen molar-refractivity contribution in [3.8, 4) is 0 Å². The maximum absolute atomic E-state index is 13.7. The van der Waals surface area contributed by atoms with Crippen molar-refractivity contribution in [3.63, 3.8) is 0 Å². The molecule has 0 atom stereocenters. The lowest BCUT2D eigenvalue weighted by Gasteiger charge is -2.34. The minimum Gasteiger partial charge on any atom is -0.340 e. The SMILES string of the molecule is O=C(CN1CCN(C(=O)CCc2cnc3ccccc3c2)CC1)Nc1ccccc1F. The lowest BCUT2D eigenvalue weighted by Crippen LogP contribution is -2.50. The third-order valence-corrected chi connectivity index (χ3v) is 5.51. The number of hydrogen-bond donors (Lipinski definition) is 1. The molecule has 160 valence electrons. The van der Waals surface area contributed by atoms with Crippen LogP contribution in [0.3, 0.4) is 0 Å². The van der Waals surface area contributed by atoms with Crippen LogP contribution in [0.15, 0.2) is 60.8 Å². The lowest BCUT2D eigenvalue weighted by molar-refractivity contribution is -0.133. The Balaban J connectivity index is 1.22. The van der Waals surface area contributed by atoms with Crippen molar-refractivity contribution in [3.05, 3.63) is 72.2 Å². The molecule has 0 aliphatic carbocycles. The van der Waals surface area contributed by atoms with Crippen molar-refractivity contribution >= 4 is 28.4 Å². The molecule has 0 unspecified atom stereocenters. The van der Waals surface area contributed by atoms with E-state index < -0.39 is 5.82 Å². The van der Waals surface area contributed by atoms with Crippen molar-refractivity contribution in [2.24, 2.45) is 0 Å². The zero-order valence-electron chi connectivity index (χ0n) is 17.3. The molecular formula is C24H25FN4O2. The molecule has 1 aliphatic heterocycles. The summed E-state index contributed by atoms with van der Waals surface area (Å²) in [6.45, 7) is 2.59. The van der Waals surface area contributed by atoms with Gasteiger partial charge in [-0.25, -0.2) is 4.39 Å². The molecule has 1 aliphatic rings. The molecule has 7 heteroatoms. The van der Waals surface area contributed by atoms with Gasteiger partial charge in [0.2, 0.25) is 11.8 Å². The van der Waals surface area contributed by atoms with Gasteiger partial charge in [0.05, 0.1) is 17.7 Å². The monoisotopic (exact) mass is 420 g/mol. The number of carbonyl (C=O) groups is 2. The molecule has 0 spiro atoms. The van der Waals surface area contributed by atoms with Crippen LogP contribution in [0.1, 0.15) is 12.0 Å². The molecule has 1 N–H and O–H groups in total. The average Bonchev–Trinajstić information content (AvgIpc) is 2.79. The maximum atomic E-state index is 13.7. The number of pyridine rings is 1. The van der Waals surface area contributed by atoms with Gasteiger partial charge in [-0.1, -0.05) is 30.3 Å². The number of carbonyl (C=O) groups excluding carboxylic acids is 2. The number of aryl methyl sites for hydroxylation is 1. The number of nitrogens with one attached hydrogen (secondary N) is 1. The smallest absolute Gasteiger partial charge is 0.238 e. The summed E-state index contributed by atoms with van der Waals surface area (Å²) in [7, 11) is 0. The Kier molecular flexibility index (Phi) is 6.52. The first-order valence-electron chi connectivity index (χ1n) is 10.5. The van der Waals surface area contributed by atoms with Gasteiger partial charge in [0.1, 0.15) is 5.82 Å². The number of aromatic nitrogens is 1. The summed E-state index contributed by atoms with van der Waals surface area (Å²) in [4.78, 5) is 33.1. The zero-order valence-corrected chi connectivity index (χ0v) is 17.3. The maximum Gasteiger partial charge on any atom is 0.238 e. The highest BCUT2D eigenvalue weighted by molar-refractivity contribution is 5.92. The summed E-state index contributed by atoms with van der Waals surface area (Å²) in [5, 5.41) is 3.68.